The minimum absolute atomic E-state index is 0.0718. The number of nitrogens with one attached hydrogen (secondary N) is 1. The summed E-state index contributed by atoms with van der Waals surface area (Å²) >= 11 is 0. The smallest absolute Gasteiger partial charge is 0.307 e. The van der Waals surface area contributed by atoms with Gasteiger partial charge in [-0.1, -0.05) is 24.6 Å². The van der Waals surface area contributed by atoms with Crippen molar-refractivity contribution in [1.82, 2.24) is 5.32 Å². The number of hydrogen-bond acceptors (Lipinski definition) is 4. The molecule has 3 saturated carbocycles. The first kappa shape index (κ1) is 26.4. The van der Waals surface area contributed by atoms with E-state index in [4.69, 9.17) is 4.74 Å². The van der Waals surface area contributed by atoms with Gasteiger partial charge in [0.1, 0.15) is 11.6 Å². The maximum atomic E-state index is 15.5. The third-order valence-electron chi connectivity index (χ3n) is 9.69. The molecule has 208 valence electrons. The van der Waals surface area contributed by atoms with E-state index in [0.29, 0.717) is 35.3 Å². The van der Waals surface area contributed by atoms with Crippen LogP contribution in [0.3, 0.4) is 0 Å². The van der Waals surface area contributed by atoms with Gasteiger partial charge in [0.2, 0.25) is 0 Å². The van der Waals surface area contributed by atoms with Crippen molar-refractivity contribution < 1.29 is 28.2 Å². The molecule has 0 bridgehead atoms. The molecular weight excluding hydrogens is 500 g/mol. The zero-order chi connectivity index (χ0) is 27.2. The molecule has 3 atom stereocenters. The Labute approximate surface area is 228 Å². The summed E-state index contributed by atoms with van der Waals surface area (Å²) in [7, 11) is 0. The number of hydrogen-bond donors (Lipinski definition) is 2. The van der Waals surface area contributed by atoms with E-state index in [9.17, 15) is 14.7 Å². The molecule has 0 aromatic heterocycles. The first-order valence-electron chi connectivity index (χ1n) is 14.5. The van der Waals surface area contributed by atoms with Gasteiger partial charge in [-0.3, -0.25) is 9.59 Å². The first-order chi connectivity index (χ1) is 18.7. The Balaban J connectivity index is 1.19. The Morgan fingerprint density at radius 3 is 2.54 bits per heavy atom. The largest absolute Gasteiger partial charge is 0.490 e. The lowest BCUT2D eigenvalue weighted by atomic mass is 9.73. The summed E-state index contributed by atoms with van der Waals surface area (Å²) in [6.07, 6.45) is 8.42. The van der Waals surface area contributed by atoms with E-state index in [1.807, 2.05) is 12.1 Å². The third kappa shape index (κ3) is 5.22. The number of halogens is 2. The fraction of sp³-hybridized carbons (Fsp3) is 0.562. The van der Waals surface area contributed by atoms with E-state index >= 15 is 8.78 Å². The number of aliphatic carboxylic acids is 1. The highest BCUT2D eigenvalue weighted by Crippen LogP contribution is 2.47. The molecule has 0 radical (unpaired) electrons. The van der Waals surface area contributed by atoms with Crippen LogP contribution in [0.15, 0.2) is 36.4 Å². The summed E-state index contributed by atoms with van der Waals surface area (Å²) in [6, 6.07) is 10.4. The quantitative estimate of drug-likeness (QED) is 0.381. The van der Waals surface area contributed by atoms with Crippen LogP contribution in [0.4, 0.5) is 8.78 Å². The van der Waals surface area contributed by atoms with Crippen LogP contribution in [0.5, 0.6) is 5.75 Å². The van der Waals surface area contributed by atoms with Crippen LogP contribution in [-0.4, -0.2) is 40.7 Å². The molecule has 1 unspecified atom stereocenters. The summed E-state index contributed by atoms with van der Waals surface area (Å²) in [5.74, 6) is -0.632. The van der Waals surface area contributed by atoms with Crippen molar-refractivity contribution in [2.75, 3.05) is 6.54 Å². The molecule has 39 heavy (non-hydrogen) atoms. The van der Waals surface area contributed by atoms with Gasteiger partial charge < -0.3 is 15.2 Å². The van der Waals surface area contributed by atoms with Gasteiger partial charge in [-0.25, -0.2) is 8.78 Å². The average molecular weight is 538 g/mol. The normalized spacial score (nSPS) is 27.7. The Hall–Kier alpha value is -2.80. The molecule has 2 aromatic carbocycles. The standard InChI is InChI=1S/C32H37F2NO4/c33-26-7-2-6-24(30(26)22-4-1-5-22)25-15-21(17-29(37)38)9-11-27(25)39-23-10-8-20(14-23)16-28(36)32(34)18-31(35-19-32)12-3-13-31/h2,6-7,9,11,15,20,22-23,35H,1,3-5,8,10,12-14,16-19H2,(H,37,38)/t20-,23?,32+/m1/s1. The topological polar surface area (TPSA) is 75.6 Å². The molecule has 4 fully saturated rings. The van der Waals surface area contributed by atoms with E-state index in [2.05, 4.69) is 5.32 Å². The lowest BCUT2D eigenvalue weighted by Gasteiger charge is -2.38. The van der Waals surface area contributed by atoms with Crippen LogP contribution in [0, 0.1) is 11.7 Å². The number of carboxylic acid groups (broad SMARTS) is 1. The monoisotopic (exact) mass is 537 g/mol. The van der Waals surface area contributed by atoms with E-state index in [-0.39, 0.29) is 54.5 Å². The molecule has 1 heterocycles. The van der Waals surface area contributed by atoms with Crippen molar-refractivity contribution in [3.05, 3.63) is 53.3 Å². The molecule has 6 rings (SSSR count). The second kappa shape index (κ2) is 10.3. The van der Waals surface area contributed by atoms with Gasteiger partial charge >= 0.3 is 5.97 Å². The number of alkyl halides is 1. The Morgan fingerprint density at radius 1 is 1.05 bits per heavy atom. The van der Waals surface area contributed by atoms with E-state index in [0.717, 1.165) is 56.9 Å². The molecule has 5 nitrogen and oxygen atoms in total. The van der Waals surface area contributed by atoms with Crippen LogP contribution in [0.25, 0.3) is 11.1 Å². The van der Waals surface area contributed by atoms with Crippen molar-refractivity contribution in [1.29, 1.82) is 0 Å². The SMILES string of the molecule is O=C(O)Cc1ccc(OC2CC[C@@H](CC(=O)[C@@]3(F)CNC4(CCC4)C3)C2)c(-c2cccc(F)c2C2CCC2)c1. The van der Waals surface area contributed by atoms with Crippen LogP contribution in [0.1, 0.15) is 87.7 Å². The number of benzene rings is 2. The lowest BCUT2D eigenvalue weighted by Crippen LogP contribution is -2.46. The molecular formula is C32H37F2NO4. The lowest BCUT2D eigenvalue weighted by molar-refractivity contribution is -0.136. The van der Waals surface area contributed by atoms with E-state index in [1.54, 1.807) is 18.2 Å². The number of carboxylic acids is 1. The van der Waals surface area contributed by atoms with Crippen LogP contribution >= 0.6 is 0 Å². The van der Waals surface area contributed by atoms with Gasteiger partial charge in [0, 0.05) is 30.5 Å². The van der Waals surface area contributed by atoms with Crippen LogP contribution in [-0.2, 0) is 16.0 Å². The summed E-state index contributed by atoms with van der Waals surface area (Å²) in [6.45, 7) is 0.126. The Kier molecular flexibility index (Phi) is 6.98. The average Bonchev–Trinajstić information content (AvgIpc) is 3.45. The molecule has 1 aliphatic heterocycles. The molecule has 3 aliphatic carbocycles. The number of carbonyl (C=O) groups excluding carboxylic acids is 1. The van der Waals surface area contributed by atoms with E-state index in [1.165, 1.54) is 6.07 Å². The number of ether oxygens (including phenoxy) is 1. The molecule has 2 aromatic rings. The predicted octanol–water partition coefficient (Wildman–Crippen LogP) is 6.52. The highest BCUT2D eigenvalue weighted by Gasteiger charge is 2.55. The summed E-state index contributed by atoms with van der Waals surface area (Å²) < 4.78 is 37.1. The van der Waals surface area contributed by atoms with Crippen LogP contribution < -0.4 is 10.1 Å². The number of carbonyl (C=O) groups is 2. The molecule has 7 heteroatoms. The summed E-state index contributed by atoms with van der Waals surface area (Å²) in [5.41, 5.74) is 0.848. The van der Waals surface area contributed by atoms with Gasteiger partial charge in [0.25, 0.3) is 0 Å². The van der Waals surface area contributed by atoms with Crippen molar-refractivity contribution in [2.45, 2.75) is 100 Å². The third-order valence-corrected chi connectivity index (χ3v) is 9.69. The van der Waals surface area contributed by atoms with E-state index < -0.39 is 11.6 Å². The maximum absolute atomic E-state index is 15.5. The van der Waals surface area contributed by atoms with Gasteiger partial charge in [-0.2, -0.15) is 0 Å². The van der Waals surface area contributed by atoms with Crippen LogP contribution in [0.2, 0.25) is 0 Å². The number of ketones is 1. The fourth-order valence-corrected chi connectivity index (χ4v) is 7.15. The zero-order valence-corrected chi connectivity index (χ0v) is 22.3. The minimum atomic E-state index is -1.76. The number of rotatable bonds is 9. The minimum Gasteiger partial charge on any atom is -0.490 e. The van der Waals surface area contributed by atoms with Gasteiger partial charge in [0.05, 0.1) is 12.5 Å². The van der Waals surface area contributed by atoms with Crippen molar-refractivity contribution in [2.24, 2.45) is 5.92 Å². The van der Waals surface area contributed by atoms with Crippen molar-refractivity contribution >= 4 is 11.8 Å². The van der Waals surface area contributed by atoms with Gasteiger partial charge in [0.15, 0.2) is 11.5 Å². The Morgan fingerprint density at radius 2 is 1.87 bits per heavy atom. The molecule has 0 amide bonds. The first-order valence-corrected chi connectivity index (χ1v) is 14.5. The molecule has 1 spiro atoms. The maximum Gasteiger partial charge on any atom is 0.307 e. The Bertz CT molecular complexity index is 1270. The fourth-order valence-electron chi connectivity index (χ4n) is 7.15. The summed E-state index contributed by atoms with van der Waals surface area (Å²) in [4.78, 5) is 24.4. The molecule has 2 N–H and O–H groups in total. The predicted molar refractivity (Wildman–Crippen MR) is 144 cm³/mol. The molecule has 1 saturated heterocycles. The van der Waals surface area contributed by atoms with Crippen molar-refractivity contribution in [3.63, 3.8) is 0 Å². The number of Topliss-reactive ketones (excluding diaryl/α,β-unsaturated/α-hetero) is 1. The van der Waals surface area contributed by atoms with Gasteiger partial charge in [-0.15, -0.1) is 0 Å². The highest BCUT2D eigenvalue weighted by atomic mass is 19.1. The molecule has 4 aliphatic rings. The van der Waals surface area contributed by atoms with Gasteiger partial charge in [-0.05, 0) is 98.1 Å². The zero-order valence-electron chi connectivity index (χ0n) is 22.3. The van der Waals surface area contributed by atoms with Crippen molar-refractivity contribution in [3.8, 4) is 16.9 Å². The second-order valence-electron chi connectivity index (χ2n) is 12.4. The summed E-state index contributed by atoms with van der Waals surface area (Å²) in [5, 5.41) is 12.6. The highest BCUT2D eigenvalue weighted by molar-refractivity contribution is 5.88. The second-order valence-corrected chi connectivity index (χ2v) is 12.4.